The molecule has 20 heavy (non-hydrogen) atoms. The molecule has 2 rings (SSSR count). The van der Waals surface area contributed by atoms with Gasteiger partial charge in [-0.25, -0.2) is 9.78 Å². The van der Waals surface area contributed by atoms with Gasteiger partial charge in [0.05, 0.1) is 31.1 Å². The van der Waals surface area contributed by atoms with Gasteiger partial charge in [0.2, 0.25) is 5.89 Å². The van der Waals surface area contributed by atoms with Crippen molar-refractivity contribution in [2.45, 2.75) is 26.4 Å². The number of ether oxygens (including phenoxy) is 1. The summed E-state index contributed by atoms with van der Waals surface area (Å²) < 4.78 is 10.1. The number of pyridine rings is 1. The summed E-state index contributed by atoms with van der Waals surface area (Å²) in [6.45, 7) is 3.14. The van der Waals surface area contributed by atoms with E-state index < -0.39 is 0 Å². The van der Waals surface area contributed by atoms with Gasteiger partial charge in [-0.2, -0.15) is 0 Å². The summed E-state index contributed by atoms with van der Waals surface area (Å²) in [7, 11) is 1.35. The van der Waals surface area contributed by atoms with E-state index in [9.17, 15) is 4.79 Å². The molecule has 6 heteroatoms. The van der Waals surface area contributed by atoms with E-state index in [1.54, 1.807) is 18.3 Å². The van der Waals surface area contributed by atoms with Gasteiger partial charge in [0.1, 0.15) is 5.76 Å². The minimum absolute atomic E-state index is 0.385. The Labute approximate surface area is 117 Å². The molecule has 0 aliphatic rings. The highest BCUT2D eigenvalue weighted by Crippen LogP contribution is 2.05. The van der Waals surface area contributed by atoms with Crippen LogP contribution < -0.4 is 5.32 Å². The van der Waals surface area contributed by atoms with E-state index in [4.69, 9.17) is 4.42 Å². The van der Waals surface area contributed by atoms with Crippen LogP contribution in [0.25, 0.3) is 0 Å². The number of esters is 1. The second-order valence-corrected chi connectivity index (χ2v) is 4.21. The van der Waals surface area contributed by atoms with Crippen molar-refractivity contribution in [3.05, 3.63) is 47.4 Å². The maximum Gasteiger partial charge on any atom is 0.339 e. The molecule has 0 unspecified atom stereocenters. The summed E-state index contributed by atoms with van der Waals surface area (Å²) in [5.74, 6) is 1.15. The first-order chi connectivity index (χ1) is 9.72. The molecule has 0 aromatic carbocycles. The summed E-state index contributed by atoms with van der Waals surface area (Å²) in [6.07, 6.45) is 4.08. The van der Waals surface area contributed by atoms with Crippen LogP contribution in [-0.2, 0) is 24.2 Å². The van der Waals surface area contributed by atoms with Gasteiger partial charge in [0.25, 0.3) is 0 Å². The van der Waals surface area contributed by atoms with Crippen molar-refractivity contribution in [1.82, 2.24) is 15.3 Å². The molecule has 2 aromatic rings. The number of methoxy groups -OCH3 is 1. The van der Waals surface area contributed by atoms with Crippen molar-refractivity contribution >= 4 is 5.97 Å². The van der Waals surface area contributed by atoms with Crippen molar-refractivity contribution in [3.63, 3.8) is 0 Å². The highest BCUT2D eigenvalue weighted by Gasteiger charge is 2.06. The van der Waals surface area contributed by atoms with Gasteiger partial charge in [-0.3, -0.25) is 4.98 Å². The number of aromatic nitrogens is 2. The first-order valence-electron chi connectivity index (χ1n) is 6.40. The zero-order valence-corrected chi connectivity index (χ0v) is 11.5. The Kier molecular flexibility index (Phi) is 4.84. The third kappa shape index (κ3) is 3.64. The molecule has 0 amide bonds. The molecule has 6 nitrogen and oxygen atoms in total. The lowest BCUT2D eigenvalue weighted by molar-refractivity contribution is 0.0600. The van der Waals surface area contributed by atoms with E-state index >= 15 is 0 Å². The van der Waals surface area contributed by atoms with Gasteiger partial charge in [0, 0.05) is 19.2 Å². The summed E-state index contributed by atoms with van der Waals surface area (Å²) in [5, 5.41) is 3.18. The Hall–Kier alpha value is -2.21. The summed E-state index contributed by atoms with van der Waals surface area (Å²) >= 11 is 0. The number of oxazole rings is 1. The number of hydrogen-bond acceptors (Lipinski definition) is 6. The predicted octanol–water partition coefficient (Wildman–Crippen LogP) is 1.71. The predicted molar refractivity (Wildman–Crippen MR) is 72.0 cm³/mol. The maximum absolute atomic E-state index is 11.3. The van der Waals surface area contributed by atoms with Crippen molar-refractivity contribution < 1.29 is 13.9 Å². The largest absolute Gasteiger partial charge is 0.465 e. The summed E-state index contributed by atoms with van der Waals surface area (Å²) in [4.78, 5) is 19.6. The maximum atomic E-state index is 11.3. The van der Waals surface area contributed by atoms with Crippen molar-refractivity contribution in [1.29, 1.82) is 0 Å². The number of rotatable bonds is 6. The van der Waals surface area contributed by atoms with Crippen LogP contribution >= 0.6 is 0 Å². The number of aryl methyl sites for hydroxylation is 1. The molecule has 0 aliphatic heterocycles. The zero-order valence-electron chi connectivity index (χ0n) is 11.5. The van der Waals surface area contributed by atoms with E-state index in [0.29, 0.717) is 24.5 Å². The topological polar surface area (TPSA) is 77.2 Å². The van der Waals surface area contributed by atoms with Gasteiger partial charge < -0.3 is 14.5 Å². The Balaban J connectivity index is 1.83. The minimum Gasteiger partial charge on any atom is -0.465 e. The fourth-order valence-electron chi connectivity index (χ4n) is 1.66. The molecule has 106 valence electrons. The van der Waals surface area contributed by atoms with Gasteiger partial charge in [0.15, 0.2) is 0 Å². The lowest BCUT2D eigenvalue weighted by Gasteiger charge is -2.03. The average Bonchev–Trinajstić information content (AvgIpc) is 2.95. The van der Waals surface area contributed by atoms with Crippen LogP contribution in [0.15, 0.2) is 28.9 Å². The average molecular weight is 275 g/mol. The first kappa shape index (κ1) is 14.2. The van der Waals surface area contributed by atoms with Crippen LogP contribution in [0.1, 0.15) is 34.6 Å². The molecule has 1 N–H and O–H groups in total. The molecule has 0 spiro atoms. The molecule has 0 radical (unpaired) electrons. The standard InChI is InChI=1S/C14H17N3O3/c1-3-12-8-17-13(20-12)9-15-7-11-5-4-10(6-16-11)14(18)19-2/h4-6,8,15H,3,7,9H2,1-2H3. The second kappa shape index (κ2) is 6.81. The lowest BCUT2D eigenvalue weighted by Crippen LogP contribution is -2.14. The van der Waals surface area contributed by atoms with E-state index in [-0.39, 0.29) is 5.97 Å². The number of carbonyl (C=O) groups excluding carboxylic acids is 1. The van der Waals surface area contributed by atoms with Crippen molar-refractivity contribution in [2.75, 3.05) is 7.11 Å². The van der Waals surface area contributed by atoms with Crippen LogP contribution in [0.2, 0.25) is 0 Å². The first-order valence-corrected chi connectivity index (χ1v) is 6.40. The molecule has 2 aromatic heterocycles. The van der Waals surface area contributed by atoms with Crippen LogP contribution in [0.4, 0.5) is 0 Å². The molecule has 0 saturated heterocycles. The highest BCUT2D eigenvalue weighted by atomic mass is 16.5. The van der Waals surface area contributed by atoms with Crippen LogP contribution in [0, 0.1) is 0 Å². The summed E-state index contributed by atoms with van der Waals surface area (Å²) in [6, 6.07) is 3.47. The Morgan fingerprint density at radius 2 is 2.15 bits per heavy atom. The monoisotopic (exact) mass is 275 g/mol. The SMILES string of the molecule is CCc1cnc(CNCc2ccc(C(=O)OC)cn2)o1. The Morgan fingerprint density at radius 3 is 2.75 bits per heavy atom. The van der Waals surface area contributed by atoms with Crippen molar-refractivity contribution in [2.24, 2.45) is 0 Å². The molecule has 2 heterocycles. The van der Waals surface area contributed by atoms with Gasteiger partial charge in [-0.15, -0.1) is 0 Å². The normalized spacial score (nSPS) is 10.5. The third-order valence-electron chi connectivity index (χ3n) is 2.78. The number of carbonyl (C=O) groups is 1. The van der Waals surface area contributed by atoms with Crippen molar-refractivity contribution in [3.8, 4) is 0 Å². The minimum atomic E-state index is -0.385. The fourth-order valence-corrected chi connectivity index (χ4v) is 1.66. The summed E-state index contributed by atoms with van der Waals surface area (Å²) in [5.41, 5.74) is 1.27. The van der Waals surface area contributed by atoms with E-state index in [0.717, 1.165) is 17.9 Å². The molecule has 0 atom stereocenters. The van der Waals surface area contributed by atoms with Crippen LogP contribution in [0.5, 0.6) is 0 Å². The lowest BCUT2D eigenvalue weighted by atomic mass is 10.2. The fraction of sp³-hybridized carbons (Fsp3) is 0.357. The Morgan fingerprint density at radius 1 is 1.30 bits per heavy atom. The number of nitrogens with zero attached hydrogens (tertiary/aromatic N) is 2. The highest BCUT2D eigenvalue weighted by molar-refractivity contribution is 5.88. The zero-order chi connectivity index (χ0) is 14.4. The molecule has 0 aliphatic carbocycles. The molecule has 0 fully saturated rings. The van der Waals surface area contributed by atoms with Gasteiger partial charge in [-0.1, -0.05) is 6.92 Å². The number of nitrogens with one attached hydrogen (secondary N) is 1. The van der Waals surface area contributed by atoms with Gasteiger partial charge in [-0.05, 0) is 12.1 Å². The molecular formula is C14H17N3O3. The smallest absolute Gasteiger partial charge is 0.339 e. The molecule has 0 bridgehead atoms. The van der Waals surface area contributed by atoms with Gasteiger partial charge >= 0.3 is 5.97 Å². The quantitative estimate of drug-likeness (QED) is 0.809. The third-order valence-corrected chi connectivity index (χ3v) is 2.78. The molecule has 0 saturated carbocycles. The van der Waals surface area contributed by atoms with Crippen LogP contribution in [0.3, 0.4) is 0 Å². The van der Waals surface area contributed by atoms with E-state index in [1.165, 1.54) is 13.3 Å². The Bertz CT molecular complexity index is 563. The van der Waals surface area contributed by atoms with Crippen LogP contribution in [-0.4, -0.2) is 23.0 Å². The second-order valence-electron chi connectivity index (χ2n) is 4.21. The number of hydrogen-bond donors (Lipinski definition) is 1. The van der Waals surface area contributed by atoms with E-state index in [2.05, 4.69) is 20.0 Å². The van der Waals surface area contributed by atoms with E-state index in [1.807, 2.05) is 6.92 Å². The molecular weight excluding hydrogens is 258 g/mol.